The van der Waals surface area contributed by atoms with Crippen LogP contribution in [0.4, 0.5) is 0 Å². The quantitative estimate of drug-likeness (QED) is 0.797. The molecule has 0 saturated carbocycles. The number of phenols is 2. The lowest BCUT2D eigenvalue weighted by Gasteiger charge is -2.10. The van der Waals surface area contributed by atoms with Gasteiger partial charge >= 0.3 is 0 Å². The Morgan fingerprint density at radius 3 is 2.24 bits per heavy atom. The Bertz CT molecular complexity index is 535. The molecule has 0 spiro atoms. The van der Waals surface area contributed by atoms with Gasteiger partial charge in [-0.2, -0.15) is 0 Å². The van der Waals surface area contributed by atoms with Gasteiger partial charge in [0.1, 0.15) is 0 Å². The molecule has 0 heterocycles. The number of hydrogen-bond acceptors (Lipinski definition) is 3. The van der Waals surface area contributed by atoms with Gasteiger partial charge in [-0.25, -0.2) is 0 Å². The van der Waals surface area contributed by atoms with Crippen LogP contribution in [-0.4, -0.2) is 35.8 Å². The van der Waals surface area contributed by atoms with E-state index in [-0.39, 0.29) is 11.5 Å². The van der Waals surface area contributed by atoms with Crippen LogP contribution in [0.15, 0.2) is 30.3 Å². The number of rotatable bonds is 3. The number of aromatic hydroxyl groups is 2. The van der Waals surface area contributed by atoms with Crippen molar-refractivity contribution >= 4 is 10.8 Å². The third-order valence-corrected chi connectivity index (χ3v) is 2.85. The molecule has 90 valence electrons. The second-order valence-electron chi connectivity index (χ2n) is 4.58. The molecule has 2 aromatic carbocycles. The van der Waals surface area contributed by atoms with Gasteiger partial charge in [-0.15, -0.1) is 0 Å². The van der Waals surface area contributed by atoms with Crippen LogP contribution in [0.1, 0.15) is 5.56 Å². The molecule has 0 aliphatic heterocycles. The molecule has 3 heteroatoms. The summed E-state index contributed by atoms with van der Waals surface area (Å²) in [6, 6.07) is 9.27. The molecule has 0 fully saturated rings. The Balaban J connectivity index is 2.33. The van der Waals surface area contributed by atoms with Crippen molar-refractivity contribution in [1.82, 2.24) is 4.90 Å². The highest BCUT2D eigenvalue weighted by Crippen LogP contribution is 2.30. The van der Waals surface area contributed by atoms with Gasteiger partial charge < -0.3 is 15.1 Å². The fourth-order valence-corrected chi connectivity index (χ4v) is 1.83. The lowest BCUT2D eigenvalue weighted by atomic mass is 10.0. The van der Waals surface area contributed by atoms with E-state index in [1.807, 2.05) is 20.2 Å². The van der Waals surface area contributed by atoms with Crippen molar-refractivity contribution in [3.63, 3.8) is 0 Å². The van der Waals surface area contributed by atoms with E-state index in [4.69, 9.17) is 0 Å². The minimum absolute atomic E-state index is 0.0674. The molecule has 0 aromatic heterocycles. The summed E-state index contributed by atoms with van der Waals surface area (Å²) >= 11 is 0. The molecule has 0 unspecified atom stereocenters. The molecule has 3 nitrogen and oxygen atoms in total. The van der Waals surface area contributed by atoms with Gasteiger partial charge in [-0.1, -0.05) is 18.2 Å². The summed E-state index contributed by atoms with van der Waals surface area (Å²) < 4.78 is 0. The van der Waals surface area contributed by atoms with Crippen molar-refractivity contribution in [3.8, 4) is 11.5 Å². The van der Waals surface area contributed by atoms with E-state index in [0.717, 1.165) is 23.7 Å². The summed E-state index contributed by atoms with van der Waals surface area (Å²) in [5, 5.41) is 20.8. The fraction of sp³-hybridized carbons (Fsp3) is 0.286. The molecule has 2 N–H and O–H groups in total. The standard InChI is InChI=1S/C14H17NO2/c1-15(2)6-5-10-3-4-11-8-13(16)14(17)9-12(11)7-10/h3-4,7-9,16-17H,5-6H2,1-2H3. The Morgan fingerprint density at radius 1 is 0.941 bits per heavy atom. The van der Waals surface area contributed by atoms with Crippen LogP contribution >= 0.6 is 0 Å². The van der Waals surface area contributed by atoms with Crippen LogP contribution in [0.25, 0.3) is 10.8 Å². The van der Waals surface area contributed by atoms with E-state index >= 15 is 0 Å². The number of hydrogen-bond donors (Lipinski definition) is 2. The van der Waals surface area contributed by atoms with Crippen molar-refractivity contribution in [2.24, 2.45) is 0 Å². The minimum atomic E-state index is -0.0708. The van der Waals surface area contributed by atoms with Gasteiger partial charge in [-0.3, -0.25) is 0 Å². The number of benzene rings is 2. The SMILES string of the molecule is CN(C)CCc1ccc2cc(O)c(O)cc2c1. The number of likely N-dealkylation sites (N-methyl/N-ethyl adjacent to an activating group) is 1. The van der Waals surface area contributed by atoms with Crippen LogP contribution in [0.3, 0.4) is 0 Å². The van der Waals surface area contributed by atoms with E-state index in [9.17, 15) is 10.2 Å². The summed E-state index contributed by atoms with van der Waals surface area (Å²) in [4.78, 5) is 2.14. The maximum Gasteiger partial charge on any atom is 0.158 e. The summed E-state index contributed by atoms with van der Waals surface area (Å²) in [5.41, 5.74) is 1.23. The molecule has 0 aliphatic carbocycles. The zero-order chi connectivity index (χ0) is 12.4. The Hall–Kier alpha value is -1.74. The van der Waals surface area contributed by atoms with Crippen LogP contribution in [-0.2, 0) is 6.42 Å². The summed E-state index contributed by atoms with van der Waals surface area (Å²) in [6.07, 6.45) is 0.977. The molecular weight excluding hydrogens is 214 g/mol. The lowest BCUT2D eigenvalue weighted by molar-refractivity contribution is 0.405. The lowest BCUT2D eigenvalue weighted by Crippen LogP contribution is -2.14. The Morgan fingerprint density at radius 2 is 1.59 bits per heavy atom. The number of phenolic OH excluding ortho intramolecular Hbond substituents is 2. The average molecular weight is 231 g/mol. The smallest absolute Gasteiger partial charge is 0.158 e. The third kappa shape index (κ3) is 2.68. The third-order valence-electron chi connectivity index (χ3n) is 2.85. The van der Waals surface area contributed by atoms with Crippen LogP contribution < -0.4 is 0 Å². The molecule has 17 heavy (non-hydrogen) atoms. The highest BCUT2D eigenvalue weighted by atomic mass is 16.3. The maximum absolute atomic E-state index is 9.47. The highest BCUT2D eigenvalue weighted by Gasteiger charge is 2.03. The van der Waals surface area contributed by atoms with E-state index in [0.29, 0.717) is 0 Å². The molecule has 0 saturated heterocycles. The highest BCUT2D eigenvalue weighted by molar-refractivity contribution is 5.86. The molecule has 0 aliphatic rings. The van der Waals surface area contributed by atoms with Crippen LogP contribution in [0.2, 0.25) is 0 Å². The average Bonchev–Trinajstić information content (AvgIpc) is 2.28. The van der Waals surface area contributed by atoms with Crippen molar-refractivity contribution in [3.05, 3.63) is 35.9 Å². The molecule has 0 amide bonds. The molecule has 0 atom stereocenters. The van der Waals surface area contributed by atoms with Gasteiger partial charge in [0.2, 0.25) is 0 Å². The van der Waals surface area contributed by atoms with Crippen molar-refractivity contribution in [1.29, 1.82) is 0 Å². The second-order valence-corrected chi connectivity index (χ2v) is 4.58. The predicted octanol–water partition coefficient (Wildman–Crippen LogP) is 2.36. The van der Waals surface area contributed by atoms with E-state index in [1.165, 1.54) is 5.56 Å². The number of fused-ring (bicyclic) bond motifs is 1. The summed E-state index contributed by atoms with van der Waals surface area (Å²) in [5.74, 6) is -0.138. The summed E-state index contributed by atoms with van der Waals surface area (Å²) in [7, 11) is 4.09. The number of nitrogens with zero attached hydrogens (tertiary/aromatic N) is 1. The van der Waals surface area contributed by atoms with Crippen molar-refractivity contribution < 1.29 is 10.2 Å². The van der Waals surface area contributed by atoms with E-state index in [1.54, 1.807) is 12.1 Å². The largest absolute Gasteiger partial charge is 0.504 e. The molecule has 2 rings (SSSR count). The Kier molecular flexibility index (Phi) is 3.20. The van der Waals surface area contributed by atoms with Gasteiger partial charge in [0.25, 0.3) is 0 Å². The minimum Gasteiger partial charge on any atom is -0.504 e. The topological polar surface area (TPSA) is 43.7 Å². The molecule has 0 radical (unpaired) electrons. The van der Waals surface area contributed by atoms with E-state index in [2.05, 4.69) is 17.0 Å². The fourth-order valence-electron chi connectivity index (χ4n) is 1.83. The van der Waals surface area contributed by atoms with Gasteiger partial charge in [0.05, 0.1) is 0 Å². The monoisotopic (exact) mass is 231 g/mol. The first-order valence-electron chi connectivity index (χ1n) is 5.65. The van der Waals surface area contributed by atoms with Gasteiger partial charge in [0, 0.05) is 6.54 Å². The zero-order valence-corrected chi connectivity index (χ0v) is 10.1. The van der Waals surface area contributed by atoms with Gasteiger partial charge in [0.15, 0.2) is 11.5 Å². The second kappa shape index (κ2) is 4.63. The normalized spacial score (nSPS) is 11.2. The van der Waals surface area contributed by atoms with Crippen LogP contribution in [0, 0.1) is 0 Å². The summed E-state index contributed by atoms with van der Waals surface area (Å²) in [6.45, 7) is 0.996. The zero-order valence-electron chi connectivity index (χ0n) is 10.1. The van der Waals surface area contributed by atoms with Crippen molar-refractivity contribution in [2.75, 3.05) is 20.6 Å². The molecular formula is C14H17NO2. The van der Waals surface area contributed by atoms with Gasteiger partial charge in [-0.05, 0) is 49.0 Å². The maximum atomic E-state index is 9.47. The molecule has 0 bridgehead atoms. The first-order chi connectivity index (χ1) is 8.06. The predicted molar refractivity (Wildman–Crippen MR) is 69.5 cm³/mol. The first-order valence-corrected chi connectivity index (χ1v) is 5.65. The van der Waals surface area contributed by atoms with E-state index < -0.39 is 0 Å². The van der Waals surface area contributed by atoms with Crippen LogP contribution in [0.5, 0.6) is 11.5 Å². The Labute approximate surface area is 101 Å². The van der Waals surface area contributed by atoms with Crippen molar-refractivity contribution in [2.45, 2.75) is 6.42 Å². The molecule has 2 aromatic rings. The first kappa shape index (κ1) is 11.7.